The zero-order valence-corrected chi connectivity index (χ0v) is 22.2. The number of hydrogen-bond donors (Lipinski definition) is 0. The highest BCUT2D eigenvalue weighted by Gasteiger charge is 2.51. The van der Waals surface area contributed by atoms with Crippen LogP contribution in [0.1, 0.15) is 41.5 Å². The summed E-state index contributed by atoms with van der Waals surface area (Å²) in [6.45, 7) is 11.1. The molecule has 2 aliphatic rings. The Morgan fingerprint density at radius 3 is 1.41 bits per heavy atom. The first-order valence-corrected chi connectivity index (χ1v) is 13.1. The Bertz CT molecular complexity index is 809. The second kappa shape index (κ2) is 10.2. The molecule has 16 heteroatoms. The van der Waals surface area contributed by atoms with Crippen LogP contribution in [-0.2, 0) is 9.68 Å². The van der Waals surface area contributed by atoms with Gasteiger partial charge in [-0.15, -0.1) is 0 Å². The molecule has 178 valence electrons. The minimum Gasteiger partial charge on any atom is -0.240 e. The van der Waals surface area contributed by atoms with Gasteiger partial charge in [-0.1, -0.05) is 9.81 Å². The molecule has 0 aromatic rings. The van der Waals surface area contributed by atoms with Gasteiger partial charge in [0.1, 0.15) is 0 Å². The smallest absolute Gasteiger partial charge is 0.240 e. The molecule has 2 saturated heterocycles. The fraction of sp³-hybridized carbons (Fsp3) is 0.750. The molecular weight excluding hydrogens is 500 g/mol. The lowest BCUT2D eigenvalue weighted by Crippen LogP contribution is -2.31. The van der Waals surface area contributed by atoms with Crippen LogP contribution in [0.2, 0.25) is 0 Å². The maximum atomic E-state index is 12.1. The Hall–Kier alpha value is -1.52. The van der Waals surface area contributed by atoms with Crippen LogP contribution in [0.5, 0.6) is 0 Å². The maximum Gasteiger partial charge on any atom is 0.470 e. The molecule has 0 spiro atoms. The molecule has 0 aromatic heterocycles. The van der Waals surface area contributed by atoms with Crippen LogP contribution < -0.4 is 0 Å². The molecule has 2 atom stereocenters. The average molecular weight is 527 g/mol. The number of amides is 2. The first kappa shape index (κ1) is 26.7. The van der Waals surface area contributed by atoms with Crippen molar-refractivity contribution < 1.29 is 28.8 Å². The fourth-order valence-electron chi connectivity index (χ4n) is 2.18. The predicted molar refractivity (Wildman–Crippen MR) is 128 cm³/mol. The van der Waals surface area contributed by atoms with Gasteiger partial charge < -0.3 is 0 Å². The van der Waals surface area contributed by atoms with Crippen molar-refractivity contribution in [1.82, 2.24) is 8.61 Å². The van der Waals surface area contributed by atoms with E-state index < -0.39 is 12.2 Å². The van der Waals surface area contributed by atoms with Crippen molar-refractivity contribution in [1.29, 1.82) is 0 Å². The number of oxime groups is 2. The van der Waals surface area contributed by atoms with Gasteiger partial charge >= 0.3 is 22.5 Å². The van der Waals surface area contributed by atoms with Gasteiger partial charge in [0, 0.05) is 36.1 Å². The predicted octanol–water partition coefficient (Wildman–Crippen LogP) is 4.26. The van der Waals surface area contributed by atoms with E-state index in [0.29, 0.717) is 9.52 Å². The van der Waals surface area contributed by atoms with E-state index in [0.717, 1.165) is 30.6 Å². The van der Waals surface area contributed by atoms with E-state index in [1.54, 1.807) is 13.8 Å². The van der Waals surface area contributed by atoms with E-state index >= 15 is 0 Å². The monoisotopic (exact) mass is 526 g/mol. The van der Waals surface area contributed by atoms with E-state index in [1.807, 2.05) is 27.7 Å². The minimum atomic E-state index is -0.830. The van der Waals surface area contributed by atoms with E-state index in [9.17, 15) is 19.4 Å². The third kappa shape index (κ3) is 6.08. The van der Waals surface area contributed by atoms with Gasteiger partial charge in [0.05, 0.1) is 9.49 Å². The quantitative estimate of drug-likeness (QED) is 0.169. The van der Waals surface area contributed by atoms with Crippen LogP contribution in [-0.4, -0.2) is 76.3 Å². The molecule has 0 radical (unpaired) electrons. The zero-order valence-electron chi connectivity index (χ0n) is 18.9. The lowest BCUT2D eigenvalue weighted by molar-refractivity contribution is -0.466. The van der Waals surface area contributed by atoms with E-state index in [2.05, 4.69) is 10.3 Å². The van der Waals surface area contributed by atoms with Gasteiger partial charge in [-0.25, -0.2) is 18.2 Å². The summed E-state index contributed by atoms with van der Waals surface area (Å²) in [5.41, 5.74) is 0. The topological polar surface area (TPSA) is 124 Å². The maximum absolute atomic E-state index is 12.1. The zero-order chi connectivity index (χ0) is 24.4. The van der Waals surface area contributed by atoms with Gasteiger partial charge in [-0.2, -0.15) is 9.68 Å². The molecule has 32 heavy (non-hydrogen) atoms. The van der Waals surface area contributed by atoms with Gasteiger partial charge in [0.15, 0.2) is 22.4 Å². The van der Waals surface area contributed by atoms with Crippen LogP contribution in [0.15, 0.2) is 10.3 Å². The molecule has 0 aliphatic carbocycles. The summed E-state index contributed by atoms with van der Waals surface area (Å²) >= 11 is 2.44. The Labute approximate surface area is 202 Å². The van der Waals surface area contributed by atoms with Crippen LogP contribution >= 0.6 is 45.5 Å². The molecule has 2 heterocycles. The van der Waals surface area contributed by atoms with Gasteiger partial charge in [-0.3, -0.25) is 0 Å². The Kier molecular flexibility index (Phi) is 8.50. The van der Waals surface area contributed by atoms with Gasteiger partial charge in [0.25, 0.3) is 0 Å². The van der Waals surface area contributed by atoms with Crippen molar-refractivity contribution in [3.05, 3.63) is 9.81 Å². The molecule has 12 nitrogen and oxygen atoms in total. The molecule has 0 N–H and O–H groups in total. The highest BCUT2D eigenvalue weighted by atomic mass is 33.1. The summed E-state index contributed by atoms with van der Waals surface area (Å²) in [7, 11) is 4.57. The Morgan fingerprint density at radius 2 is 1.16 bits per heavy atom. The van der Waals surface area contributed by atoms with Crippen molar-refractivity contribution >= 4 is 68.0 Å². The summed E-state index contributed by atoms with van der Waals surface area (Å²) in [6, 6.07) is -0.636. The fourth-order valence-corrected chi connectivity index (χ4v) is 5.65. The first-order chi connectivity index (χ1) is 14.7. The number of thioether (sulfide) groups is 2. The molecule has 2 fully saturated rings. The highest BCUT2D eigenvalue weighted by Crippen LogP contribution is 2.39. The van der Waals surface area contributed by atoms with Crippen molar-refractivity contribution in [2.45, 2.75) is 63.1 Å². The molecule has 0 saturated carbocycles. The molecule has 2 unspecified atom stereocenters. The number of hydrogen-bond acceptors (Lipinski definition) is 12. The standard InChI is InChI=1S/C16H26N6O6S4/c1-9-15(3,4)29-11(21(9)25)17-27-13(23)19(7)31-32-20(8)14(24)28-18-12-22(26)10(2)16(5,6)30-12/h9-10H,1-8H3/q+2. The van der Waals surface area contributed by atoms with Crippen LogP contribution in [0, 0.1) is 9.81 Å². The lowest BCUT2D eigenvalue weighted by Gasteiger charge is -2.14. The average Bonchev–Trinajstić information content (AvgIpc) is 3.05. The normalized spacial score (nSPS) is 26.5. The third-order valence-electron chi connectivity index (χ3n) is 4.98. The number of rotatable bonds is 5. The Morgan fingerprint density at radius 1 is 0.844 bits per heavy atom. The van der Waals surface area contributed by atoms with Crippen molar-refractivity contribution in [2.24, 2.45) is 10.3 Å². The largest absolute Gasteiger partial charge is 0.470 e. The summed E-state index contributed by atoms with van der Waals surface area (Å²) in [4.78, 5) is 58.0. The second-order valence-electron chi connectivity index (χ2n) is 8.02. The first-order valence-electron chi connectivity index (χ1n) is 9.38. The van der Waals surface area contributed by atoms with Crippen LogP contribution in [0.3, 0.4) is 0 Å². The molecule has 0 bridgehead atoms. The Balaban J connectivity index is 1.81. The molecule has 2 rings (SSSR count). The SMILES string of the molecule is CC1[N+](=O)C(=NOC(=O)N(C)SSN(C)C(=O)ON=C2SC(C)(C)C(C)[N+]2=O)SC1(C)C. The molecule has 0 aromatic carbocycles. The molecule has 2 amide bonds. The van der Waals surface area contributed by atoms with E-state index in [4.69, 9.17) is 9.68 Å². The minimum absolute atomic E-state index is 0.0661. The van der Waals surface area contributed by atoms with Crippen molar-refractivity contribution in [3.63, 3.8) is 0 Å². The van der Waals surface area contributed by atoms with Crippen molar-refractivity contribution in [2.75, 3.05) is 14.1 Å². The van der Waals surface area contributed by atoms with E-state index in [1.165, 1.54) is 37.6 Å². The van der Waals surface area contributed by atoms with Crippen LogP contribution in [0.25, 0.3) is 0 Å². The van der Waals surface area contributed by atoms with Crippen LogP contribution in [0.4, 0.5) is 9.59 Å². The second-order valence-corrected chi connectivity index (χ2v) is 13.6. The van der Waals surface area contributed by atoms with Crippen molar-refractivity contribution in [3.8, 4) is 0 Å². The highest BCUT2D eigenvalue weighted by molar-refractivity contribution is 8.75. The number of amidine groups is 2. The molecular formula is C16H26N6O6S4+2. The van der Waals surface area contributed by atoms with Gasteiger partial charge in [-0.05, 0) is 74.6 Å². The summed E-state index contributed by atoms with van der Waals surface area (Å²) in [6.07, 6.45) is -1.66. The van der Waals surface area contributed by atoms with Gasteiger partial charge in [0.2, 0.25) is 0 Å². The number of nitroso groups, excluding NO2 is 2. The summed E-state index contributed by atoms with van der Waals surface area (Å²) < 4.78 is 2.87. The number of nitrogens with zero attached hydrogens (tertiary/aromatic N) is 6. The number of carbonyl (C=O) groups is 2. The molecule has 2 aliphatic heterocycles. The van der Waals surface area contributed by atoms with E-state index in [-0.39, 0.29) is 31.9 Å². The number of carbonyl (C=O) groups excluding carboxylic acids is 2. The lowest BCUT2D eigenvalue weighted by atomic mass is 10.1. The summed E-state index contributed by atoms with van der Waals surface area (Å²) in [5, 5.41) is 7.44. The summed E-state index contributed by atoms with van der Waals surface area (Å²) in [5.74, 6) is 0. The third-order valence-corrected chi connectivity index (χ3v) is 9.94.